The van der Waals surface area contributed by atoms with Gasteiger partial charge in [-0.1, -0.05) is 34.8 Å². The summed E-state index contributed by atoms with van der Waals surface area (Å²) in [4.78, 5) is 24.0. The van der Waals surface area contributed by atoms with E-state index >= 15 is 0 Å². The van der Waals surface area contributed by atoms with Gasteiger partial charge in [0.05, 0.1) is 22.7 Å². The standard InChI is InChI=1S/C14H8Cl3N3O3/c15-7-4-8(16)13(9(17)5-7)20-12(21)6-11(19-20)18-14(22)10-2-1-3-23-10/h1-5H,6H2,(H,18,19,22). The molecule has 1 aromatic carbocycles. The predicted molar refractivity (Wildman–Crippen MR) is 87.2 cm³/mol. The number of anilines is 1. The topological polar surface area (TPSA) is 74.9 Å². The van der Waals surface area contributed by atoms with Gasteiger partial charge >= 0.3 is 0 Å². The molecule has 0 bridgehead atoms. The molecule has 0 aliphatic carbocycles. The number of hydrogen-bond donors (Lipinski definition) is 1. The highest BCUT2D eigenvalue weighted by atomic mass is 35.5. The van der Waals surface area contributed by atoms with E-state index in [2.05, 4.69) is 10.4 Å². The van der Waals surface area contributed by atoms with Gasteiger partial charge in [0, 0.05) is 5.02 Å². The van der Waals surface area contributed by atoms with Crippen LogP contribution in [0.1, 0.15) is 17.0 Å². The van der Waals surface area contributed by atoms with Gasteiger partial charge in [-0.25, -0.2) is 0 Å². The van der Waals surface area contributed by atoms with Crippen molar-refractivity contribution in [2.75, 3.05) is 5.01 Å². The number of hydrazone groups is 1. The van der Waals surface area contributed by atoms with Crippen molar-refractivity contribution >= 4 is 58.1 Å². The lowest BCUT2D eigenvalue weighted by molar-refractivity contribution is -0.116. The molecule has 0 saturated heterocycles. The SMILES string of the molecule is O=C(NC1=NN(c2c(Cl)cc(Cl)cc2Cl)C(=O)C1)c1ccco1. The molecule has 2 heterocycles. The first-order chi connectivity index (χ1) is 11.0. The summed E-state index contributed by atoms with van der Waals surface area (Å²) < 4.78 is 4.97. The summed E-state index contributed by atoms with van der Waals surface area (Å²) in [5, 5.41) is 8.30. The second-order valence-electron chi connectivity index (χ2n) is 4.58. The summed E-state index contributed by atoms with van der Waals surface area (Å²) in [6.07, 6.45) is 1.28. The third kappa shape index (κ3) is 3.19. The summed E-state index contributed by atoms with van der Waals surface area (Å²) in [6.45, 7) is 0. The molecule has 1 aliphatic heterocycles. The van der Waals surface area contributed by atoms with Gasteiger partial charge in [-0.3, -0.25) is 9.59 Å². The molecule has 1 aliphatic rings. The summed E-state index contributed by atoms with van der Waals surface area (Å²) in [5.41, 5.74) is 0.213. The van der Waals surface area contributed by atoms with E-state index in [1.165, 1.54) is 24.5 Å². The van der Waals surface area contributed by atoms with Crippen molar-refractivity contribution in [2.45, 2.75) is 6.42 Å². The van der Waals surface area contributed by atoms with Crippen molar-refractivity contribution in [3.05, 3.63) is 51.4 Å². The Hall–Kier alpha value is -2.02. The first-order valence-electron chi connectivity index (χ1n) is 6.35. The maximum absolute atomic E-state index is 12.1. The smallest absolute Gasteiger partial charge is 0.292 e. The molecular formula is C14H8Cl3N3O3. The molecule has 3 rings (SSSR count). The van der Waals surface area contributed by atoms with Crippen LogP contribution in [0.4, 0.5) is 5.69 Å². The third-order valence-electron chi connectivity index (χ3n) is 2.97. The van der Waals surface area contributed by atoms with Crippen molar-refractivity contribution in [3.63, 3.8) is 0 Å². The molecule has 2 amide bonds. The molecule has 2 aromatic rings. The summed E-state index contributed by atoms with van der Waals surface area (Å²) in [6, 6.07) is 5.98. The van der Waals surface area contributed by atoms with Gasteiger partial charge in [-0.05, 0) is 24.3 Å². The zero-order valence-electron chi connectivity index (χ0n) is 11.3. The number of carbonyl (C=O) groups excluding carboxylic acids is 2. The van der Waals surface area contributed by atoms with Crippen LogP contribution in [-0.4, -0.2) is 17.6 Å². The quantitative estimate of drug-likeness (QED) is 0.873. The summed E-state index contributed by atoms with van der Waals surface area (Å²) in [7, 11) is 0. The van der Waals surface area contributed by atoms with E-state index in [1.54, 1.807) is 6.07 Å². The summed E-state index contributed by atoms with van der Waals surface area (Å²) in [5.74, 6) is -0.609. The van der Waals surface area contributed by atoms with Gasteiger partial charge < -0.3 is 9.73 Å². The Morgan fingerprint density at radius 2 is 1.96 bits per heavy atom. The molecule has 0 unspecified atom stereocenters. The van der Waals surface area contributed by atoms with Crippen LogP contribution < -0.4 is 10.3 Å². The monoisotopic (exact) mass is 371 g/mol. The number of hydrogen-bond acceptors (Lipinski definition) is 4. The Morgan fingerprint density at radius 3 is 2.57 bits per heavy atom. The Kier molecular flexibility index (Phi) is 4.30. The first-order valence-corrected chi connectivity index (χ1v) is 7.49. The Labute approximate surface area is 145 Å². The number of halogens is 3. The molecule has 0 saturated carbocycles. The number of carbonyl (C=O) groups is 2. The highest BCUT2D eigenvalue weighted by Crippen LogP contribution is 2.38. The number of amidine groups is 1. The molecule has 6 nitrogen and oxygen atoms in total. The number of benzene rings is 1. The van der Waals surface area contributed by atoms with E-state index in [-0.39, 0.29) is 39.7 Å². The van der Waals surface area contributed by atoms with E-state index in [1.807, 2.05) is 0 Å². The van der Waals surface area contributed by atoms with Gasteiger partial charge in [0.2, 0.25) is 0 Å². The Balaban J connectivity index is 1.86. The third-order valence-corrected chi connectivity index (χ3v) is 3.77. The maximum atomic E-state index is 12.1. The van der Waals surface area contributed by atoms with E-state index in [0.29, 0.717) is 5.02 Å². The van der Waals surface area contributed by atoms with E-state index in [0.717, 1.165) is 5.01 Å². The number of furan rings is 1. The number of rotatable bonds is 2. The van der Waals surface area contributed by atoms with Crippen molar-refractivity contribution in [2.24, 2.45) is 5.10 Å². The Morgan fingerprint density at radius 1 is 1.26 bits per heavy atom. The van der Waals surface area contributed by atoms with Crippen molar-refractivity contribution in [1.29, 1.82) is 0 Å². The van der Waals surface area contributed by atoms with Crippen LogP contribution in [0.3, 0.4) is 0 Å². The van der Waals surface area contributed by atoms with E-state index in [9.17, 15) is 9.59 Å². The molecule has 0 spiro atoms. The molecule has 118 valence electrons. The average molecular weight is 373 g/mol. The van der Waals surface area contributed by atoms with Crippen LogP contribution >= 0.6 is 34.8 Å². The second-order valence-corrected chi connectivity index (χ2v) is 5.83. The lowest BCUT2D eigenvalue weighted by atomic mass is 10.3. The summed E-state index contributed by atoms with van der Waals surface area (Å²) >= 11 is 18.0. The van der Waals surface area contributed by atoms with Crippen LogP contribution in [-0.2, 0) is 4.79 Å². The highest BCUT2D eigenvalue weighted by Gasteiger charge is 2.30. The second kappa shape index (κ2) is 6.23. The average Bonchev–Trinajstić information content (AvgIpc) is 3.08. The minimum absolute atomic E-state index is 0.0955. The van der Waals surface area contributed by atoms with Crippen molar-refractivity contribution in [3.8, 4) is 0 Å². The number of amides is 2. The van der Waals surface area contributed by atoms with Crippen LogP contribution in [0.25, 0.3) is 0 Å². The van der Waals surface area contributed by atoms with Crippen LogP contribution in [0.5, 0.6) is 0 Å². The van der Waals surface area contributed by atoms with Crippen molar-refractivity contribution < 1.29 is 14.0 Å². The fourth-order valence-corrected chi connectivity index (χ4v) is 2.99. The van der Waals surface area contributed by atoms with Crippen LogP contribution in [0.15, 0.2) is 40.0 Å². The molecule has 0 atom stereocenters. The highest BCUT2D eigenvalue weighted by molar-refractivity contribution is 6.42. The minimum Gasteiger partial charge on any atom is -0.459 e. The Bertz CT molecular complexity index is 795. The van der Waals surface area contributed by atoms with Crippen LogP contribution in [0.2, 0.25) is 15.1 Å². The van der Waals surface area contributed by atoms with Crippen LogP contribution in [0, 0.1) is 0 Å². The molecule has 1 aromatic heterocycles. The minimum atomic E-state index is -0.503. The molecule has 23 heavy (non-hydrogen) atoms. The number of nitrogens with zero attached hydrogens (tertiary/aromatic N) is 2. The van der Waals surface area contributed by atoms with Gasteiger partial charge in [-0.15, -0.1) is 0 Å². The van der Waals surface area contributed by atoms with Gasteiger partial charge in [-0.2, -0.15) is 10.1 Å². The zero-order chi connectivity index (χ0) is 16.6. The molecular weight excluding hydrogens is 365 g/mol. The molecule has 0 fully saturated rings. The first kappa shape index (κ1) is 15.9. The fraction of sp³-hybridized carbons (Fsp3) is 0.0714. The lowest BCUT2D eigenvalue weighted by Gasteiger charge is -2.15. The van der Waals surface area contributed by atoms with Crippen molar-refractivity contribution in [1.82, 2.24) is 5.32 Å². The van der Waals surface area contributed by atoms with Gasteiger partial charge in [0.15, 0.2) is 5.76 Å². The lowest BCUT2D eigenvalue weighted by Crippen LogP contribution is -2.29. The number of nitrogens with one attached hydrogen (secondary N) is 1. The van der Waals surface area contributed by atoms with E-state index in [4.69, 9.17) is 39.2 Å². The molecule has 0 radical (unpaired) electrons. The zero-order valence-corrected chi connectivity index (χ0v) is 13.6. The normalized spacial score (nSPS) is 14.1. The largest absolute Gasteiger partial charge is 0.459 e. The van der Waals surface area contributed by atoms with E-state index < -0.39 is 5.91 Å². The molecule has 9 heteroatoms. The fourth-order valence-electron chi connectivity index (χ4n) is 2.01. The van der Waals surface area contributed by atoms with Gasteiger partial charge in [0.25, 0.3) is 11.8 Å². The predicted octanol–water partition coefficient (Wildman–Crippen LogP) is 3.72. The molecule has 1 N–H and O–H groups in total. The maximum Gasteiger partial charge on any atom is 0.292 e. The van der Waals surface area contributed by atoms with Gasteiger partial charge in [0.1, 0.15) is 11.5 Å².